The summed E-state index contributed by atoms with van der Waals surface area (Å²) in [5.74, 6) is 1.46. The predicted octanol–water partition coefficient (Wildman–Crippen LogP) is 1.98. The highest BCUT2D eigenvalue weighted by Gasteiger charge is 2.56. The predicted molar refractivity (Wildman–Crippen MR) is 75.9 cm³/mol. The van der Waals surface area contributed by atoms with Crippen LogP contribution < -0.4 is 10.1 Å². The highest BCUT2D eigenvalue weighted by molar-refractivity contribution is 6.30. The number of hydrogen-bond donors (Lipinski definition) is 1. The Kier molecular flexibility index (Phi) is 2.57. The molecular weight excluding hydrogens is 276 g/mol. The summed E-state index contributed by atoms with van der Waals surface area (Å²) in [6.07, 6.45) is 1.36. The lowest BCUT2D eigenvalue weighted by Crippen LogP contribution is -2.69. The van der Waals surface area contributed by atoms with Crippen molar-refractivity contribution in [3.63, 3.8) is 0 Å². The SMILES string of the molecule is CN1CC[C@@]23NC(=O)C[C@H](c4cc(Cl)ccc4O2)[C@H]3C1. The van der Waals surface area contributed by atoms with Crippen molar-refractivity contribution >= 4 is 17.5 Å². The minimum absolute atomic E-state index is 0.0847. The van der Waals surface area contributed by atoms with Gasteiger partial charge in [0.25, 0.3) is 0 Å². The van der Waals surface area contributed by atoms with E-state index in [-0.39, 0.29) is 11.8 Å². The van der Waals surface area contributed by atoms with Crippen LogP contribution in [0.4, 0.5) is 0 Å². The number of amides is 1. The number of benzene rings is 1. The van der Waals surface area contributed by atoms with Crippen LogP contribution in [0.3, 0.4) is 0 Å². The van der Waals surface area contributed by atoms with Crippen molar-refractivity contribution in [2.75, 3.05) is 20.1 Å². The zero-order valence-electron chi connectivity index (χ0n) is 11.4. The number of fused-ring (bicyclic) bond motifs is 2. The number of rotatable bonds is 0. The molecule has 3 aliphatic rings. The molecule has 0 saturated carbocycles. The Morgan fingerprint density at radius 3 is 3.20 bits per heavy atom. The molecule has 1 aromatic carbocycles. The Bertz CT molecular complexity index is 591. The van der Waals surface area contributed by atoms with Gasteiger partial charge >= 0.3 is 0 Å². The molecule has 0 aromatic heterocycles. The topological polar surface area (TPSA) is 41.6 Å². The summed E-state index contributed by atoms with van der Waals surface area (Å²) in [4.78, 5) is 14.4. The number of ether oxygens (including phenoxy) is 1. The maximum Gasteiger partial charge on any atom is 0.223 e. The van der Waals surface area contributed by atoms with Gasteiger partial charge in [-0.2, -0.15) is 0 Å². The fourth-order valence-electron chi connectivity index (χ4n) is 3.93. The summed E-state index contributed by atoms with van der Waals surface area (Å²) in [7, 11) is 2.12. The molecular formula is C15H17ClN2O2. The van der Waals surface area contributed by atoms with Crippen LogP contribution in [-0.2, 0) is 4.79 Å². The molecule has 0 radical (unpaired) electrons. The number of nitrogens with zero attached hydrogens (tertiary/aromatic N) is 1. The first-order valence-corrected chi connectivity index (χ1v) is 7.43. The molecule has 3 heterocycles. The van der Waals surface area contributed by atoms with Gasteiger partial charge in [-0.05, 0) is 30.8 Å². The Morgan fingerprint density at radius 2 is 2.35 bits per heavy atom. The summed E-state index contributed by atoms with van der Waals surface area (Å²) in [5, 5.41) is 3.82. The van der Waals surface area contributed by atoms with Gasteiger partial charge in [0.05, 0.1) is 0 Å². The van der Waals surface area contributed by atoms with Crippen LogP contribution in [-0.4, -0.2) is 36.7 Å². The van der Waals surface area contributed by atoms with Gasteiger partial charge < -0.3 is 15.0 Å². The first-order valence-electron chi connectivity index (χ1n) is 7.05. The fraction of sp³-hybridized carbons (Fsp3) is 0.533. The van der Waals surface area contributed by atoms with Gasteiger partial charge in [-0.15, -0.1) is 0 Å². The number of halogens is 1. The third-order valence-corrected chi connectivity index (χ3v) is 5.11. The van der Waals surface area contributed by atoms with Crippen molar-refractivity contribution in [2.45, 2.75) is 24.5 Å². The summed E-state index contributed by atoms with van der Waals surface area (Å²) in [5.41, 5.74) is 0.566. The van der Waals surface area contributed by atoms with E-state index >= 15 is 0 Å². The van der Waals surface area contributed by atoms with Gasteiger partial charge in [0, 0.05) is 42.8 Å². The van der Waals surface area contributed by atoms with E-state index < -0.39 is 5.72 Å². The van der Waals surface area contributed by atoms with E-state index in [0.29, 0.717) is 17.4 Å². The maximum absolute atomic E-state index is 12.1. The Balaban J connectivity index is 1.86. The zero-order chi connectivity index (χ0) is 13.9. The van der Waals surface area contributed by atoms with Gasteiger partial charge in [-0.3, -0.25) is 4.79 Å². The average molecular weight is 293 g/mol. The molecule has 5 heteroatoms. The lowest BCUT2D eigenvalue weighted by molar-refractivity contribution is -0.152. The standard InChI is InChI=1S/C15H17ClN2O2/c1-18-5-4-15-12(8-18)10(7-14(19)17-15)11-6-9(16)2-3-13(11)20-15/h2-3,6,10,12H,4-5,7-8H2,1H3,(H,17,19)/t10-,12-,15-/m1/s1. The molecule has 4 rings (SSSR count). The zero-order valence-corrected chi connectivity index (χ0v) is 12.1. The van der Waals surface area contributed by atoms with Crippen molar-refractivity contribution in [2.24, 2.45) is 5.92 Å². The molecule has 2 fully saturated rings. The minimum atomic E-state index is -0.520. The van der Waals surface area contributed by atoms with Gasteiger partial charge in [-0.25, -0.2) is 0 Å². The molecule has 1 amide bonds. The number of piperidine rings is 2. The molecule has 1 aromatic rings. The van der Waals surface area contributed by atoms with E-state index in [2.05, 4.69) is 17.3 Å². The molecule has 1 N–H and O–H groups in total. The van der Waals surface area contributed by atoms with Crippen molar-refractivity contribution in [1.82, 2.24) is 10.2 Å². The lowest BCUT2D eigenvalue weighted by atomic mass is 9.69. The second-order valence-corrected chi connectivity index (χ2v) is 6.59. The lowest BCUT2D eigenvalue weighted by Gasteiger charge is -2.55. The van der Waals surface area contributed by atoms with Crippen molar-refractivity contribution in [3.05, 3.63) is 28.8 Å². The molecule has 2 bridgehead atoms. The molecule has 106 valence electrons. The quantitative estimate of drug-likeness (QED) is 0.795. The van der Waals surface area contributed by atoms with Gasteiger partial charge in [0.1, 0.15) is 5.75 Å². The van der Waals surface area contributed by atoms with Crippen LogP contribution in [0.25, 0.3) is 0 Å². The second kappa shape index (κ2) is 4.12. The molecule has 0 unspecified atom stereocenters. The number of carbonyl (C=O) groups excluding carboxylic acids is 1. The Hall–Kier alpha value is -1.26. The van der Waals surface area contributed by atoms with Crippen LogP contribution >= 0.6 is 11.6 Å². The van der Waals surface area contributed by atoms with Crippen molar-refractivity contribution in [1.29, 1.82) is 0 Å². The normalized spacial score (nSPS) is 35.6. The molecule has 0 spiro atoms. The van der Waals surface area contributed by atoms with Gasteiger partial charge in [0.2, 0.25) is 5.91 Å². The van der Waals surface area contributed by atoms with E-state index in [0.717, 1.165) is 30.8 Å². The highest BCUT2D eigenvalue weighted by atomic mass is 35.5. The molecule has 2 saturated heterocycles. The third-order valence-electron chi connectivity index (χ3n) is 4.88. The van der Waals surface area contributed by atoms with E-state index in [1.165, 1.54) is 0 Å². The number of nitrogens with one attached hydrogen (secondary N) is 1. The van der Waals surface area contributed by atoms with Gasteiger partial charge in [0.15, 0.2) is 5.72 Å². The first-order chi connectivity index (χ1) is 9.57. The molecule has 3 atom stereocenters. The van der Waals surface area contributed by atoms with Crippen LogP contribution in [0, 0.1) is 5.92 Å². The van der Waals surface area contributed by atoms with Gasteiger partial charge in [-0.1, -0.05) is 11.6 Å². The fourth-order valence-corrected chi connectivity index (χ4v) is 4.11. The average Bonchev–Trinajstić information content (AvgIpc) is 2.40. The van der Waals surface area contributed by atoms with E-state index in [9.17, 15) is 4.79 Å². The Labute approximate surface area is 123 Å². The maximum atomic E-state index is 12.1. The largest absolute Gasteiger partial charge is 0.467 e. The molecule has 3 aliphatic heterocycles. The summed E-state index contributed by atoms with van der Waals surface area (Å²) in [6, 6.07) is 5.74. The van der Waals surface area contributed by atoms with Crippen molar-refractivity contribution in [3.8, 4) is 5.75 Å². The summed E-state index contributed by atoms with van der Waals surface area (Å²) >= 11 is 6.13. The minimum Gasteiger partial charge on any atom is -0.467 e. The number of carbonyl (C=O) groups is 1. The molecule has 4 nitrogen and oxygen atoms in total. The second-order valence-electron chi connectivity index (χ2n) is 6.15. The van der Waals surface area contributed by atoms with E-state index in [1.54, 1.807) is 0 Å². The van der Waals surface area contributed by atoms with Crippen molar-refractivity contribution < 1.29 is 9.53 Å². The van der Waals surface area contributed by atoms with Crippen LogP contribution in [0.5, 0.6) is 5.75 Å². The smallest absolute Gasteiger partial charge is 0.223 e. The Morgan fingerprint density at radius 1 is 1.50 bits per heavy atom. The van der Waals surface area contributed by atoms with E-state index in [1.807, 2.05) is 18.2 Å². The van der Waals surface area contributed by atoms with Crippen LogP contribution in [0.2, 0.25) is 5.02 Å². The van der Waals surface area contributed by atoms with E-state index in [4.69, 9.17) is 16.3 Å². The molecule has 20 heavy (non-hydrogen) atoms. The third kappa shape index (κ3) is 1.68. The number of likely N-dealkylation sites (tertiary alicyclic amines) is 1. The molecule has 0 aliphatic carbocycles. The highest BCUT2D eigenvalue weighted by Crippen LogP contribution is 2.51. The summed E-state index contributed by atoms with van der Waals surface area (Å²) < 4.78 is 6.25. The van der Waals surface area contributed by atoms with Crippen LogP contribution in [0.15, 0.2) is 18.2 Å². The monoisotopic (exact) mass is 292 g/mol. The summed E-state index contributed by atoms with van der Waals surface area (Å²) in [6.45, 7) is 1.88. The van der Waals surface area contributed by atoms with Crippen LogP contribution in [0.1, 0.15) is 24.3 Å². The number of hydrogen-bond acceptors (Lipinski definition) is 3. The first kappa shape index (κ1) is 12.5.